The van der Waals surface area contributed by atoms with Gasteiger partial charge in [-0.05, 0) is 26.2 Å². The van der Waals surface area contributed by atoms with Crippen LogP contribution in [0.25, 0.3) is 0 Å². The van der Waals surface area contributed by atoms with Crippen LogP contribution in [0.15, 0.2) is 6.33 Å². The van der Waals surface area contributed by atoms with E-state index in [2.05, 4.69) is 15.3 Å². The van der Waals surface area contributed by atoms with E-state index in [0.29, 0.717) is 18.7 Å². The van der Waals surface area contributed by atoms with Gasteiger partial charge in [0.2, 0.25) is 0 Å². The van der Waals surface area contributed by atoms with Crippen LogP contribution >= 0.6 is 11.6 Å². The molecule has 1 atom stereocenters. The fourth-order valence-electron chi connectivity index (χ4n) is 1.37. The number of anilines is 1. The van der Waals surface area contributed by atoms with E-state index in [1.54, 1.807) is 0 Å². The molecule has 0 saturated carbocycles. The van der Waals surface area contributed by atoms with Crippen molar-refractivity contribution in [2.45, 2.75) is 38.5 Å². The Morgan fingerprint density at radius 1 is 1.50 bits per heavy atom. The third kappa shape index (κ3) is 3.93. The van der Waals surface area contributed by atoms with Crippen molar-refractivity contribution in [2.75, 3.05) is 11.9 Å². The summed E-state index contributed by atoms with van der Waals surface area (Å²) in [5.41, 5.74) is 0.447. The number of hydrogen-bond acceptors (Lipinski definition) is 3. The van der Waals surface area contributed by atoms with Gasteiger partial charge in [-0.3, -0.25) is 0 Å². The predicted octanol–water partition coefficient (Wildman–Crippen LogP) is 3.00. The van der Waals surface area contributed by atoms with Crippen LogP contribution in [0, 0.1) is 5.82 Å². The molecule has 3 nitrogen and oxygen atoms in total. The van der Waals surface area contributed by atoms with E-state index < -0.39 is 0 Å². The van der Waals surface area contributed by atoms with E-state index in [9.17, 15) is 4.39 Å². The van der Waals surface area contributed by atoms with Gasteiger partial charge in [0.1, 0.15) is 6.33 Å². The Bertz CT molecular complexity index is 331. The lowest BCUT2D eigenvalue weighted by Gasteiger charge is -2.08. The summed E-state index contributed by atoms with van der Waals surface area (Å²) < 4.78 is 13.6. The molecule has 1 heterocycles. The van der Waals surface area contributed by atoms with E-state index in [0.717, 1.165) is 12.8 Å². The van der Waals surface area contributed by atoms with E-state index in [4.69, 9.17) is 11.6 Å². The van der Waals surface area contributed by atoms with E-state index in [1.165, 1.54) is 6.33 Å². The van der Waals surface area contributed by atoms with Crippen molar-refractivity contribution in [1.82, 2.24) is 9.97 Å². The molecule has 5 heteroatoms. The molecule has 1 aromatic rings. The third-order valence-corrected chi connectivity index (χ3v) is 2.49. The van der Waals surface area contributed by atoms with E-state index in [-0.39, 0.29) is 17.0 Å². The summed E-state index contributed by atoms with van der Waals surface area (Å²) in [6.45, 7) is 4.49. The zero-order valence-electron chi connectivity index (χ0n) is 9.63. The van der Waals surface area contributed by atoms with Gasteiger partial charge in [0.15, 0.2) is 11.6 Å². The monoisotopic (exact) mass is 245 g/mol. The second-order valence-corrected chi connectivity index (χ2v) is 4.43. The number of aromatic nitrogens is 2. The Hall–Kier alpha value is -0.900. The van der Waals surface area contributed by atoms with Crippen molar-refractivity contribution in [1.29, 1.82) is 0 Å². The van der Waals surface area contributed by atoms with Gasteiger partial charge in [0.25, 0.3) is 0 Å². The van der Waals surface area contributed by atoms with Crippen molar-refractivity contribution in [3.63, 3.8) is 0 Å². The van der Waals surface area contributed by atoms with Crippen LogP contribution in [0.3, 0.4) is 0 Å². The predicted molar refractivity (Wildman–Crippen MR) is 64.4 cm³/mol. The Labute approximate surface area is 100 Å². The van der Waals surface area contributed by atoms with Crippen molar-refractivity contribution >= 4 is 17.4 Å². The minimum atomic E-state index is -0.344. The first-order chi connectivity index (χ1) is 7.65. The molecule has 0 aliphatic heterocycles. The van der Waals surface area contributed by atoms with Gasteiger partial charge in [-0.2, -0.15) is 0 Å². The molecule has 0 aromatic carbocycles. The molecule has 0 bridgehead atoms. The SMILES string of the molecule is CCc1ncnc(NCCCC(C)Cl)c1F. The first-order valence-corrected chi connectivity index (χ1v) is 5.96. The van der Waals surface area contributed by atoms with Crippen molar-refractivity contribution in [2.24, 2.45) is 0 Å². The Morgan fingerprint density at radius 2 is 2.25 bits per heavy atom. The Balaban J connectivity index is 2.47. The molecule has 0 aliphatic carbocycles. The highest BCUT2D eigenvalue weighted by atomic mass is 35.5. The lowest BCUT2D eigenvalue weighted by Crippen LogP contribution is -2.09. The summed E-state index contributed by atoms with van der Waals surface area (Å²) in [5.74, 6) is -0.0574. The Morgan fingerprint density at radius 3 is 2.88 bits per heavy atom. The second kappa shape index (κ2) is 6.63. The lowest BCUT2D eigenvalue weighted by molar-refractivity contribution is 0.595. The van der Waals surface area contributed by atoms with Crippen molar-refractivity contribution in [3.05, 3.63) is 17.8 Å². The van der Waals surface area contributed by atoms with Gasteiger partial charge in [-0.1, -0.05) is 6.92 Å². The number of aryl methyl sites for hydroxylation is 1. The van der Waals surface area contributed by atoms with Gasteiger partial charge in [0.05, 0.1) is 5.69 Å². The zero-order valence-corrected chi connectivity index (χ0v) is 10.4. The molecule has 1 aromatic heterocycles. The standard InChI is InChI=1S/C11H17ClFN3/c1-3-9-10(13)11(16-7-15-9)14-6-4-5-8(2)12/h7-8H,3-6H2,1-2H3,(H,14,15,16). The zero-order chi connectivity index (χ0) is 12.0. The fraction of sp³-hybridized carbons (Fsp3) is 0.636. The molecule has 0 aliphatic rings. The third-order valence-electron chi connectivity index (χ3n) is 2.27. The summed E-state index contributed by atoms with van der Waals surface area (Å²) in [5, 5.41) is 3.11. The maximum absolute atomic E-state index is 13.6. The average molecular weight is 246 g/mol. The van der Waals surface area contributed by atoms with Crippen LogP contribution in [0.4, 0.5) is 10.2 Å². The molecule has 0 spiro atoms. The smallest absolute Gasteiger partial charge is 0.186 e. The van der Waals surface area contributed by atoms with Gasteiger partial charge in [-0.25, -0.2) is 14.4 Å². The number of hydrogen-bond donors (Lipinski definition) is 1. The second-order valence-electron chi connectivity index (χ2n) is 3.69. The molecule has 0 amide bonds. The van der Waals surface area contributed by atoms with Crippen LogP contribution in [0.2, 0.25) is 0 Å². The molecule has 90 valence electrons. The number of halogens is 2. The maximum Gasteiger partial charge on any atom is 0.186 e. The van der Waals surface area contributed by atoms with Crippen molar-refractivity contribution in [3.8, 4) is 0 Å². The van der Waals surface area contributed by atoms with Crippen molar-refractivity contribution < 1.29 is 4.39 Å². The molecule has 0 fully saturated rings. The Kier molecular flexibility index (Phi) is 5.46. The first kappa shape index (κ1) is 13.2. The summed E-state index contributed by atoms with van der Waals surface area (Å²) in [7, 11) is 0. The van der Waals surface area contributed by atoms with Gasteiger partial charge in [0, 0.05) is 11.9 Å². The topological polar surface area (TPSA) is 37.8 Å². The fourth-order valence-corrected chi connectivity index (χ4v) is 1.52. The molecule has 0 radical (unpaired) electrons. The minimum absolute atomic E-state index is 0.156. The van der Waals surface area contributed by atoms with Gasteiger partial charge < -0.3 is 5.32 Å². The van der Waals surface area contributed by atoms with Crippen LogP contribution in [-0.4, -0.2) is 21.9 Å². The summed E-state index contributed by atoms with van der Waals surface area (Å²) in [6, 6.07) is 0. The largest absolute Gasteiger partial charge is 0.368 e. The molecular formula is C11H17ClFN3. The summed E-state index contributed by atoms with van der Waals surface area (Å²) in [4.78, 5) is 7.74. The molecule has 1 N–H and O–H groups in total. The number of nitrogens with one attached hydrogen (secondary N) is 1. The molecule has 1 unspecified atom stereocenters. The molecule has 0 saturated heterocycles. The summed E-state index contributed by atoms with van der Waals surface area (Å²) in [6.07, 6.45) is 3.76. The van der Waals surface area contributed by atoms with E-state index >= 15 is 0 Å². The average Bonchev–Trinajstić information content (AvgIpc) is 2.26. The first-order valence-electron chi connectivity index (χ1n) is 5.52. The lowest BCUT2D eigenvalue weighted by atomic mass is 10.2. The molecular weight excluding hydrogens is 229 g/mol. The van der Waals surface area contributed by atoms with Crippen LogP contribution in [-0.2, 0) is 6.42 Å². The maximum atomic E-state index is 13.6. The highest BCUT2D eigenvalue weighted by Crippen LogP contribution is 2.13. The van der Waals surface area contributed by atoms with Gasteiger partial charge >= 0.3 is 0 Å². The summed E-state index contributed by atoms with van der Waals surface area (Å²) >= 11 is 5.81. The minimum Gasteiger partial charge on any atom is -0.368 e. The normalized spacial score (nSPS) is 12.5. The van der Waals surface area contributed by atoms with Crippen LogP contribution < -0.4 is 5.32 Å². The van der Waals surface area contributed by atoms with Crippen LogP contribution in [0.1, 0.15) is 32.4 Å². The quantitative estimate of drug-likeness (QED) is 0.619. The van der Waals surface area contributed by atoms with Crippen LogP contribution in [0.5, 0.6) is 0 Å². The van der Waals surface area contributed by atoms with E-state index in [1.807, 2.05) is 13.8 Å². The number of rotatable bonds is 6. The molecule has 1 rings (SSSR count). The molecule has 16 heavy (non-hydrogen) atoms. The van der Waals surface area contributed by atoms with Gasteiger partial charge in [-0.15, -0.1) is 11.6 Å². The number of alkyl halides is 1. The number of nitrogens with zero attached hydrogens (tertiary/aromatic N) is 2. The highest BCUT2D eigenvalue weighted by molar-refractivity contribution is 6.20. The highest BCUT2D eigenvalue weighted by Gasteiger charge is 2.08.